The van der Waals surface area contributed by atoms with Crippen molar-refractivity contribution in [2.45, 2.75) is 24.9 Å². The van der Waals surface area contributed by atoms with E-state index >= 15 is 0 Å². The maximum atomic E-state index is 12.4. The summed E-state index contributed by atoms with van der Waals surface area (Å²) in [5, 5.41) is 0.604. The maximum absolute atomic E-state index is 12.4. The van der Waals surface area contributed by atoms with E-state index in [1.165, 1.54) is 0 Å². The van der Waals surface area contributed by atoms with E-state index in [0.717, 1.165) is 39.0 Å². The van der Waals surface area contributed by atoms with Crippen LogP contribution in [0.4, 0.5) is 0 Å². The molecular formula is C14H16ClNO2. The molecule has 2 saturated heterocycles. The largest absolute Gasteiger partial charge is 0.373 e. The quantitative estimate of drug-likeness (QED) is 0.781. The normalized spacial score (nSPS) is 27.1. The van der Waals surface area contributed by atoms with Gasteiger partial charge >= 0.3 is 0 Å². The van der Waals surface area contributed by atoms with Gasteiger partial charge in [-0.15, -0.1) is 0 Å². The van der Waals surface area contributed by atoms with Crippen LogP contribution in [0.5, 0.6) is 0 Å². The van der Waals surface area contributed by atoms with Crippen molar-refractivity contribution in [3.8, 4) is 0 Å². The summed E-state index contributed by atoms with van der Waals surface area (Å²) in [7, 11) is 0. The van der Waals surface area contributed by atoms with Crippen molar-refractivity contribution in [3.63, 3.8) is 0 Å². The van der Waals surface area contributed by atoms with E-state index in [1.54, 1.807) is 12.1 Å². The number of benzene rings is 1. The van der Waals surface area contributed by atoms with Gasteiger partial charge in [-0.3, -0.25) is 4.79 Å². The number of likely N-dealkylation sites (tertiary alicyclic amines) is 1. The van der Waals surface area contributed by atoms with Gasteiger partial charge in [0.05, 0.1) is 12.1 Å². The lowest BCUT2D eigenvalue weighted by Gasteiger charge is -2.23. The molecule has 1 aromatic rings. The second-order valence-corrected chi connectivity index (χ2v) is 5.56. The fourth-order valence-electron chi connectivity index (χ4n) is 2.90. The van der Waals surface area contributed by atoms with E-state index in [4.69, 9.17) is 16.3 Å². The number of halogens is 1. The molecule has 3 rings (SSSR count). The minimum Gasteiger partial charge on any atom is -0.373 e. The molecule has 1 aromatic carbocycles. The molecule has 1 amide bonds. The summed E-state index contributed by atoms with van der Waals surface area (Å²) in [5.41, 5.74) is 0.603. The van der Waals surface area contributed by atoms with Crippen LogP contribution in [0.15, 0.2) is 24.3 Å². The number of rotatable bonds is 1. The Bertz CT molecular complexity index is 469. The van der Waals surface area contributed by atoms with Gasteiger partial charge in [-0.1, -0.05) is 17.7 Å². The molecule has 18 heavy (non-hydrogen) atoms. The fourth-order valence-corrected chi connectivity index (χ4v) is 3.09. The number of amides is 1. The molecule has 4 heteroatoms. The molecule has 0 radical (unpaired) electrons. The van der Waals surface area contributed by atoms with Gasteiger partial charge in [0.25, 0.3) is 5.91 Å². The molecule has 2 heterocycles. The monoisotopic (exact) mass is 265 g/mol. The van der Waals surface area contributed by atoms with Gasteiger partial charge in [0.2, 0.25) is 0 Å². The Kier molecular flexibility index (Phi) is 3.04. The summed E-state index contributed by atoms with van der Waals surface area (Å²) in [4.78, 5) is 14.2. The molecule has 2 fully saturated rings. The summed E-state index contributed by atoms with van der Waals surface area (Å²) in [5.74, 6) is 0.0601. The third-order valence-corrected chi connectivity index (χ3v) is 4.10. The van der Waals surface area contributed by atoms with E-state index in [-0.39, 0.29) is 11.5 Å². The van der Waals surface area contributed by atoms with Gasteiger partial charge in [-0.05, 0) is 37.5 Å². The Morgan fingerprint density at radius 2 is 2.28 bits per heavy atom. The summed E-state index contributed by atoms with van der Waals surface area (Å²) < 4.78 is 5.82. The number of carbonyl (C=O) groups excluding carboxylic acids is 1. The van der Waals surface area contributed by atoms with Crippen molar-refractivity contribution in [1.82, 2.24) is 4.90 Å². The Hall–Kier alpha value is -1.06. The first-order valence-corrected chi connectivity index (χ1v) is 6.75. The van der Waals surface area contributed by atoms with Crippen LogP contribution >= 0.6 is 11.6 Å². The van der Waals surface area contributed by atoms with E-state index in [2.05, 4.69) is 0 Å². The summed E-state index contributed by atoms with van der Waals surface area (Å²) >= 11 is 5.92. The first-order chi connectivity index (χ1) is 8.69. The Morgan fingerprint density at radius 3 is 3.00 bits per heavy atom. The van der Waals surface area contributed by atoms with Gasteiger partial charge < -0.3 is 9.64 Å². The molecule has 0 bridgehead atoms. The Balaban J connectivity index is 1.74. The van der Waals surface area contributed by atoms with Crippen LogP contribution < -0.4 is 0 Å². The number of carbonyl (C=O) groups is 1. The van der Waals surface area contributed by atoms with E-state index in [0.29, 0.717) is 10.6 Å². The van der Waals surface area contributed by atoms with Crippen molar-refractivity contribution in [2.75, 3.05) is 19.7 Å². The van der Waals surface area contributed by atoms with Crippen LogP contribution in [0.25, 0.3) is 0 Å². The predicted molar refractivity (Wildman–Crippen MR) is 69.9 cm³/mol. The number of hydrogen-bond donors (Lipinski definition) is 0. The smallest absolute Gasteiger partial charge is 0.254 e. The molecule has 0 aromatic heterocycles. The first-order valence-electron chi connectivity index (χ1n) is 6.37. The summed E-state index contributed by atoms with van der Waals surface area (Å²) in [6, 6.07) is 7.14. The minimum absolute atomic E-state index is 0.0601. The third kappa shape index (κ3) is 2.13. The van der Waals surface area contributed by atoms with Crippen molar-refractivity contribution >= 4 is 17.5 Å². The topological polar surface area (TPSA) is 29.5 Å². The zero-order chi connectivity index (χ0) is 12.6. The molecule has 1 unspecified atom stereocenters. The minimum atomic E-state index is -0.0613. The molecule has 96 valence electrons. The molecule has 3 nitrogen and oxygen atoms in total. The SMILES string of the molecule is O=C(c1cccc(Cl)c1)N1CCC2(CCCO2)C1. The molecular weight excluding hydrogens is 250 g/mol. The van der Waals surface area contributed by atoms with Gasteiger partial charge in [-0.25, -0.2) is 0 Å². The zero-order valence-corrected chi connectivity index (χ0v) is 10.9. The van der Waals surface area contributed by atoms with Gasteiger partial charge in [-0.2, -0.15) is 0 Å². The van der Waals surface area contributed by atoms with E-state index in [9.17, 15) is 4.79 Å². The number of hydrogen-bond acceptors (Lipinski definition) is 2. The fraction of sp³-hybridized carbons (Fsp3) is 0.500. The maximum Gasteiger partial charge on any atom is 0.254 e. The molecule has 1 atom stereocenters. The van der Waals surface area contributed by atoms with Crippen LogP contribution in [0.3, 0.4) is 0 Å². The number of ether oxygens (including phenoxy) is 1. The van der Waals surface area contributed by atoms with Crippen molar-refractivity contribution < 1.29 is 9.53 Å². The average molecular weight is 266 g/mol. The highest BCUT2D eigenvalue weighted by Gasteiger charge is 2.43. The van der Waals surface area contributed by atoms with Gasteiger partial charge in [0.1, 0.15) is 0 Å². The molecule has 0 N–H and O–H groups in total. The molecule has 0 aliphatic carbocycles. The standard InChI is InChI=1S/C14H16ClNO2/c15-12-4-1-3-11(9-12)13(17)16-7-6-14(10-16)5-2-8-18-14/h1,3-4,9H,2,5-8,10H2. The summed E-state index contributed by atoms with van der Waals surface area (Å²) in [6.07, 6.45) is 3.14. The van der Waals surface area contributed by atoms with Crippen molar-refractivity contribution in [1.29, 1.82) is 0 Å². The Labute approximate surface area is 112 Å². The molecule has 1 spiro atoms. The average Bonchev–Trinajstić information content (AvgIpc) is 3.00. The first kappa shape index (κ1) is 12.0. The van der Waals surface area contributed by atoms with Crippen LogP contribution in [0.1, 0.15) is 29.6 Å². The van der Waals surface area contributed by atoms with E-state index in [1.807, 2.05) is 17.0 Å². The Morgan fingerprint density at radius 1 is 1.39 bits per heavy atom. The molecule has 2 aliphatic rings. The van der Waals surface area contributed by atoms with E-state index < -0.39 is 0 Å². The summed E-state index contributed by atoms with van der Waals surface area (Å²) in [6.45, 7) is 2.34. The van der Waals surface area contributed by atoms with Gasteiger partial charge in [0, 0.05) is 23.7 Å². The molecule has 2 aliphatic heterocycles. The highest BCUT2D eigenvalue weighted by Crippen LogP contribution is 2.35. The van der Waals surface area contributed by atoms with Crippen LogP contribution in [0.2, 0.25) is 5.02 Å². The lowest BCUT2D eigenvalue weighted by Crippen LogP contribution is -2.35. The molecule has 0 saturated carbocycles. The van der Waals surface area contributed by atoms with Crippen LogP contribution in [-0.4, -0.2) is 36.1 Å². The van der Waals surface area contributed by atoms with Crippen LogP contribution in [0, 0.1) is 0 Å². The highest BCUT2D eigenvalue weighted by molar-refractivity contribution is 6.30. The lowest BCUT2D eigenvalue weighted by molar-refractivity contribution is 0.0127. The predicted octanol–water partition coefficient (Wildman–Crippen LogP) is 2.74. The van der Waals surface area contributed by atoms with Crippen molar-refractivity contribution in [2.24, 2.45) is 0 Å². The highest BCUT2D eigenvalue weighted by atomic mass is 35.5. The van der Waals surface area contributed by atoms with Gasteiger partial charge in [0.15, 0.2) is 0 Å². The second kappa shape index (κ2) is 4.56. The van der Waals surface area contributed by atoms with Crippen molar-refractivity contribution in [3.05, 3.63) is 34.9 Å². The second-order valence-electron chi connectivity index (χ2n) is 5.12. The van der Waals surface area contributed by atoms with Crippen LogP contribution in [-0.2, 0) is 4.74 Å². The zero-order valence-electron chi connectivity index (χ0n) is 10.2. The third-order valence-electron chi connectivity index (χ3n) is 3.86. The number of nitrogens with zero attached hydrogens (tertiary/aromatic N) is 1. The lowest BCUT2D eigenvalue weighted by atomic mass is 10.00.